The third kappa shape index (κ3) is 5.07. The molecule has 0 unspecified atom stereocenters. The average molecular weight is 478 g/mol. The molecule has 5 rings (SSSR count). The van der Waals surface area contributed by atoms with Gasteiger partial charge in [-0.1, -0.05) is 6.07 Å². The molecule has 34 heavy (non-hydrogen) atoms. The van der Waals surface area contributed by atoms with Gasteiger partial charge < -0.3 is 10.1 Å². The standard InChI is InChI=1S/C26H27N3O4S/c30-26(28-21-6-3-7-21)19-8-12-23(13-9-19)33-25-15-11-22(17-27-25)29-34(31,32)24-14-10-18-4-1-2-5-20(18)16-24/h8-17,21,29H,1-7H2,(H,28,30). The van der Waals surface area contributed by atoms with E-state index in [1.165, 1.54) is 18.2 Å². The van der Waals surface area contributed by atoms with Crippen molar-refractivity contribution < 1.29 is 17.9 Å². The lowest BCUT2D eigenvalue weighted by Gasteiger charge is -2.26. The van der Waals surface area contributed by atoms with Gasteiger partial charge in [0.15, 0.2) is 0 Å². The molecule has 2 aliphatic carbocycles. The zero-order valence-electron chi connectivity index (χ0n) is 18.8. The van der Waals surface area contributed by atoms with Crippen LogP contribution in [0.15, 0.2) is 65.7 Å². The molecule has 2 aliphatic rings. The number of aryl methyl sites for hydroxylation is 2. The fourth-order valence-corrected chi connectivity index (χ4v) is 5.30. The maximum Gasteiger partial charge on any atom is 0.261 e. The zero-order valence-corrected chi connectivity index (χ0v) is 19.6. The first kappa shape index (κ1) is 22.4. The van der Waals surface area contributed by atoms with Crippen molar-refractivity contribution in [3.8, 4) is 11.6 Å². The number of anilines is 1. The number of ether oxygens (including phenoxy) is 1. The molecule has 176 valence electrons. The lowest BCUT2D eigenvalue weighted by molar-refractivity contribution is 0.0917. The van der Waals surface area contributed by atoms with E-state index in [4.69, 9.17) is 4.74 Å². The summed E-state index contributed by atoms with van der Waals surface area (Å²) >= 11 is 0. The minimum Gasteiger partial charge on any atom is -0.439 e. The number of nitrogens with zero attached hydrogens (tertiary/aromatic N) is 1. The third-order valence-electron chi connectivity index (χ3n) is 6.40. The van der Waals surface area contributed by atoms with Gasteiger partial charge in [-0.2, -0.15) is 0 Å². The molecule has 1 amide bonds. The number of amides is 1. The number of carbonyl (C=O) groups is 1. The summed E-state index contributed by atoms with van der Waals surface area (Å²) in [5.74, 6) is 0.781. The van der Waals surface area contributed by atoms with Gasteiger partial charge in [0.1, 0.15) is 5.75 Å². The predicted octanol–water partition coefficient (Wildman–Crippen LogP) is 4.84. The Morgan fingerprint density at radius 3 is 2.35 bits per heavy atom. The van der Waals surface area contributed by atoms with Crippen LogP contribution in [0.25, 0.3) is 0 Å². The number of aromatic nitrogens is 1. The lowest BCUT2D eigenvalue weighted by Crippen LogP contribution is -2.39. The highest BCUT2D eigenvalue weighted by molar-refractivity contribution is 7.92. The van der Waals surface area contributed by atoms with Crippen molar-refractivity contribution in [3.63, 3.8) is 0 Å². The van der Waals surface area contributed by atoms with Crippen LogP contribution < -0.4 is 14.8 Å². The van der Waals surface area contributed by atoms with E-state index in [-0.39, 0.29) is 16.8 Å². The van der Waals surface area contributed by atoms with Crippen molar-refractivity contribution >= 4 is 21.6 Å². The topological polar surface area (TPSA) is 97.4 Å². The summed E-state index contributed by atoms with van der Waals surface area (Å²) in [5.41, 5.74) is 3.29. The lowest BCUT2D eigenvalue weighted by atomic mass is 9.92. The molecule has 2 aromatic carbocycles. The van der Waals surface area contributed by atoms with Crippen LogP contribution in [0, 0.1) is 0 Å². The quantitative estimate of drug-likeness (QED) is 0.508. The van der Waals surface area contributed by atoms with E-state index in [1.807, 2.05) is 6.07 Å². The van der Waals surface area contributed by atoms with Gasteiger partial charge in [0, 0.05) is 17.7 Å². The summed E-state index contributed by atoms with van der Waals surface area (Å²) in [6.07, 6.45) is 8.83. The van der Waals surface area contributed by atoms with E-state index in [0.29, 0.717) is 22.9 Å². The number of carbonyl (C=O) groups excluding carboxylic acids is 1. The Morgan fingerprint density at radius 1 is 0.912 bits per heavy atom. The van der Waals surface area contributed by atoms with Crippen LogP contribution in [0.2, 0.25) is 0 Å². The van der Waals surface area contributed by atoms with Crippen molar-refractivity contribution in [2.75, 3.05) is 4.72 Å². The number of fused-ring (bicyclic) bond motifs is 1. The Bertz CT molecular complexity index is 1280. The maximum absolute atomic E-state index is 12.8. The average Bonchev–Trinajstić information content (AvgIpc) is 2.82. The Hall–Kier alpha value is -3.39. The molecule has 2 N–H and O–H groups in total. The highest BCUT2D eigenvalue weighted by Gasteiger charge is 2.20. The van der Waals surface area contributed by atoms with Crippen LogP contribution in [0.3, 0.4) is 0 Å². The molecule has 0 aliphatic heterocycles. The van der Waals surface area contributed by atoms with Gasteiger partial charge in [0.05, 0.1) is 16.8 Å². The van der Waals surface area contributed by atoms with E-state index in [2.05, 4.69) is 15.0 Å². The van der Waals surface area contributed by atoms with Gasteiger partial charge in [-0.25, -0.2) is 13.4 Å². The van der Waals surface area contributed by atoms with Crippen LogP contribution in [0.1, 0.15) is 53.6 Å². The van der Waals surface area contributed by atoms with Crippen molar-refractivity contribution in [1.82, 2.24) is 10.3 Å². The zero-order chi connectivity index (χ0) is 23.5. The first-order valence-electron chi connectivity index (χ1n) is 11.7. The minimum atomic E-state index is -3.71. The number of nitrogens with one attached hydrogen (secondary N) is 2. The van der Waals surface area contributed by atoms with Crippen LogP contribution in [-0.4, -0.2) is 25.4 Å². The molecule has 0 saturated heterocycles. The Kier molecular flexibility index (Phi) is 6.24. The summed E-state index contributed by atoms with van der Waals surface area (Å²) in [6.45, 7) is 0. The van der Waals surface area contributed by atoms with E-state index in [0.717, 1.165) is 44.1 Å². The van der Waals surface area contributed by atoms with Gasteiger partial charge >= 0.3 is 0 Å². The smallest absolute Gasteiger partial charge is 0.261 e. The van der Waals surface area contributed by atoms with Crippen molar-refractivity contribution in [2.45, 2.75) is 55.9 Å². The highest BCUT2D eigenvalue weighted by atomic mass is 32.2. The van der Waals surface area contributed by atoms with Crippen molar-refractivity contribution in [2.24, 2.45) is 0 Å². The molecule has 1 saturated carbocycles. The molecule has 7 nitrogen and oxygen atoms in total. The van der Waals surface area contributed by atoms with Gasteiger partial charge in [-0.05, 0) is 98.5 Å². The molecule has 1 fully saturated rings. The largest absolute Gasteiger partial charge is 0.439 e. The molecule has 0 spiro atoms. The van der Waals surface area contributed by atoms with Crippen LogP contribution in [0.4, 0.5) is 5.69 Å². The summed E-state index contributed by atoms with van der Waals surface area (Å²) in [5, 5.41) is 3.01. The van der Waals surface area contributed by atoms with Gasteiger partial charge in [0.2, 0.25) is 5.88 Å². The fraction of sp³-hybridized carbons (Fsp3) is 0.308. The van der Waals surface area contributed by atoms with E-state index < -0.39 is 10.0 Å². The second-order valence-electron chi connectivity index (χ2n) is 8.86. The number of benzene rings is 2. The second-order valence-corrected chi connectivity index (χ2v) is 10.5. The minimum absolute atomic E-state index is 0.0788. The number of hydrogen-bond acceptors (Lipinski definition) is 5. The summed E-state index contributed by atoms with van der Waals surface area (Å²) in [4.78, 5) is 16.7. The first-order chi connectivity index (χ1) is 16.5. The maximum atomic E-state index is 12.8. The Balaban J connectivity index is 1.21. The molecule has 3 aromatic rings. The summed E-state index contributed by atoms with van der Waals surface area (Å²) in [7, 11) is -3.71. The fourth-order valence-electron chi connectivity index (χ4n) is 4.21. The second kappa shape index (κ2) is 9.46. The number of sulfonamides is 1. The third-order valence-corrected chi connectivity index (χ3v) is 7.78. The Morgan fingerprint density at radius 2 is 1.68 bits per heavy atom. The van der Waals surface area contributed by atoms with Crippen molar-refractivity contribution in [3.05, 3.63) is 77.5 Å². The number of hydrogen-bond donors (Lipinski definition) is 2. The van der Waals surface area contributed by atoms with Crippen molar-refractivity contribution in [1.29, 1.82) is 0 Å². The molecule has 0 radical (unpaired) electrons. The van der Waals surface area contributed by atoms with E-state index in [1.54, 1.807) is 48.5 Å². The van der Waals surface area contributed by atoms with Gasteiger partial charge in [-0.3, -0.25) is 9.52 Å². The van der Waals surface area contributed by atoms with Crippen LogP contribution >= 0.6 is 0 Å². The van der Waals surface area contributed by atoms with Crippen LogP contribution in [0.5, 0.6) is 11.6 Å². The molecule has 0 bridgehead atoms. The molecular formula is C26H27N3O4S. The molecular weight excluding hydrogens is 450 g/mol. The summed E-state index contributed by atoms with van der Waals surface area (Å²) < 4.78 is 34.0. The Labute approximate surface area is 199 Å². The number of rotatable bonds is 7. The summed E-state index contributed by atoms with van der Waals surface area (Å²) in [6, 6.07) is 15.7. The molecule has 1 heterocycles. The molecule has 1 aromatic heterocycles. The molecule has 8 heteroatoms. The first-order valence-corrected chi connectivity index (χ1v) is 13.1. The predicted molar refractivity (Wildman–Crippen MR) is 130 cm³/mol. The van der Waals surface area contributed by atoms with E-state index in [9.17, 15) is 13.2 Å². The number of pyridine rings is 1. The van der Waals surface area contributed by atoms with Gasteiger partial charge in [0.25, 0.3) is 15.9 Å². The van der Waals surface area contributed by atoms with Crippen LogP contribution in [-0.2, 0) is 22.9 Å². The van der Waals surface area contributed by atoms with Gasteiger partial charge in [-0.15, -0.1) is 0 Å². The SMILES string of the molecule is O=C(NC1CCC1)c1ccc(Oc2ccc(NS(=O)(=O)c3ccc4c(c3)CCCC4)cn2)cc1. The normalized spacial score (nSPS) is 15.6. The molecule has 0 atom stereocenters. The monoisotopic (exact) mass is 477 g/mol. The van der Waals surface area contributed by atoms with E-state index >= 15 is 0 Å². The highest BCUT2D eigenvalue weighted by Crippen LogP contribution is 2.26.